The number of aromatic amines is 1. The summed E-state index contributed by atoms with van der Waals surface area (Å²) in [5.74, 6) is 0.293. The van der Waals surface area contributed by atoms with Crippen LogP contribution in [0, 0.1) is 0 Å². The molecular weight excluding hydrogens is 604 g/mol. The van der Waals surface area contributed by atoms with E-state index < -0.39 is 12.0 Å². The molecule has 0 spiro atoms. The fraction of sp³-hybridized carbons (Fsp3) is 0.447. The van der Waals surface area contributed by atoms with Crippen molar-refractivity contribution < 1.29 is 19.4 Å². The Kier molecular flexibility index (Phi) is 14.9. The lowest BCUT2D eigenvalue weighted by atomic mass is 9.98. The Morgan fingerprint density at radius 2 is 1.46 bits per heavy atom. The van der Waals surface area contributed by atoms with Gasteiger partial charge >= 0.3 is 12.0 Å². The highest BCUT2D eigenvalue weighted by Crippen LogP contribution is 2.30. The first-order valence-corrected chi connectivity index (χ1v) is 17.4. The van der Waals surface area contributed by atoms with E-state index in [9.17, 15) is 14.7 Å². The number of urea groups is 1. The third kappa shape index (κ3) is 11.5. The second-order valence-electron chi connectivity index (χ2n) is 12.3. The topological polar surface area (TPSA) is 133 Å². The van der Waals surface area contributed by atoms with E-state index >= 15 is 0 Å². The largest absolute Gasteiger partial charge is 0.508 e. The van der Waals surface area contributed by atoms with Crippen molar-refractivity contribution in [2.24, 2.45) is 0 Å². The van der Waals surface area contributed by atoms with Gasteiger partial charge in [0.25, 0.3) is 0 Å². The number of nitrogens with one attached hydrogen (secondary N) is 2. The summed E-state index contributed by atoms with van der Waals surface area (Å²) in [4.78, 5) is 28.8. The lowest BCUT2D eigenvalue weighted by molar-refractivity contribution is -0.146. The molecule has 10 nitrogen and oxygen atoms in total. The number of carbonyl (C=O) groups excluding carboxylic acids is 2. The SMILES string of the molecule is CCCCCCCCCCOC(=O)C(Cc1ccc(O)cc1)NC(=O)N(CCCC)Cc1ccc(-c2ccccc2-c2nnn[nH]2)cc1. The molecule has 2 amide bonds. The van der Waals surface area contributed by atoms with Crippen molar-refractivity contribution in [2.75, 3.05) is 13.2 Å². The minimum absolute atomic E-state index is 0.145. The molecule has 0 aliphatic carbocycles. The number of aromatic nitrogens is 4. The van der Waals surface area contributed by atoms with Gasteiger partial charge in [0.05, 0.1) is 6.61 Å². The predicted octanol–water partition coefficient (Wildman–Crippen LogP) is 7.85. The molecule has 0 fully saturated rings. The first-order valence-electron chi connectivity index (χ1n) is 17.4. The molecule has 48 heavy (non-hydrogen) atoms. The van der Waals surface area contributed by atoms with Gasteiger partial charge in [-0.2, -0.15) is 0 Å². The standard InChI is InChI=1S/C38H50N6O4/c1-3-5-7-8-9-10-11-14-26-48-37(46)35(27-29-19-23-32(45)24-20-29)39-38(47)44(25-6-4-2)28-30-17-21-31(22-18-30)33-15-12-13-16-34(33)36-40-42-43-41-36/h12-13,15-24,35,45H,3-11,14,25-28H2,1-2H3,(H,39,47)(H,40,41,42,43). The molecule has 3 N–H and O–H groups in total. The van der Waals surface area contributed by atoms with Crippen molar-refractivity contribution in [3.05, 3.63) is 83.9 Å². The van der Waals surface area contributed by atoms with E-state index in [1.807, 2.05) is 48.5 Å². The van der Waals surface area contributed by atoms with E-state index in [2.05, 4.69) is 39.8 Å². The molecule has 4 aromatic rings. The van der Waals surface area contributed by atoms with E-state index in [0.29, 0.717) is 25.5 Å². The average Bonchev–Trinajstić information content (AvgIpc) is 3.65. The Morgan fingerprint density at radius 3 is 2.12 bits per heavy atom. The fourth-order valence-electron chi connectivity index (χ4n) is 5.64. The van der Waals surface area contributed by atoms with Crippen molar-refractivity contribution in [2.45, 2.75) is 97.1 Å². The third-order valence-corrected chi connectivity index (χ3v) is 8.44. The number of aromatic hydroxyl groups is 1. The van der Waals surface area contributed by atoms with Gasteiger partial charge in [-0.3, -0.25) is 0 Å². The van der Waals surface area contributed by atoms with Crippen LogP contribution < -0.4 is 5.32 Å². The smallest absolute Gasteiger partial charge is 0.329 e. The molecule has 10 heteroatoms. The summed E-state index contributed by atoms with van der Waals surface area (Å²) < 4.78 is 5.68. The maximum Gasteiger partial charge on any atom is 0.329 e. The number of carbonyl (C=O) groups is 2. The van der Waals surface area contributed by atoms with Gasteiger partial charge in [0.1, 0.15) is 11.8 Å². The van der Waals surface area contributed by atoms with Crippen LogP contribution in [-0.2, 0) is 22.5 Å². The van der Waals surface area contributed by atoms with Gasteiger partial charge in [-0.1, -0.05) is 126 Å². The summed E-state index contributed by atoms with van der Waals surface area (Å²) in [7, 11) is 0. The number of phenols is 1. The van der Waals surface area contributed by atoms with E-state index in [1.54, 1.807) is 29.2 Å². The van der Waals surface area contributed by atoms with Gasteiger partial charge in [0, 0.05) is 25.1 Å². The molecule has 0 saturated heterocycles. The van der Waals surface area contributed by atoms with Crippen LogP contribution in [0.4, 0.5) is 4.79 Å². The Bertz CT molecular complexity index is 1510. The number of H-pyrrole nitrogens is 1. The second kappa shape index (κ2) is 19.8. The lowest BCUT2D eigenvalue weighted by Gasteiger charge is -2.26. The number of hydrogen-bond donors (Lipinski definition) is 3. The maximum atomic E-state index is 13.7. The molecule has 0 aliphatic heterocycles. The Balaban J connectivity index is 1.40. The normalized spacial score (nSPS) is 11.6. The van der Waals surface area contributed by atoms with Gasteiger partial charge in [0.15, 0.2) is 5.82 Å². The van der Waals surface area contributed by atoms with E-state index in [-0.39, 0.29) is 18.2 Å². The molecule has 0 radical (unpaired) electrons. The van der Waals surface area contributed by atoms with Crippen molar-refractivity contribution in [3.8, 4) is 28.3 Å². The zero-order valence-electron chi connectivity index (χ0n) is 28.4. The number of rotatable bonds is 20. The van der Waals surface area contributed by atoms with E-state index in [0.717, 1.165) is 59.9 Å². The Hall–Kier alpha value is -4.73. The van der Waals surface area contributed by atoms with Crippen molar-refractivity contribution in [3.63, 3.8) is 0 Å². The van der Waals surface area contributed by atoms with Crippen LogP contribution in [0.15, 0.2) is 72.8 Å². The van der Waals surface area contributed by atoms with Crippen LogP contribution >= 0.6 is 0 Å². The molecule has 256 valence electrons. The summed E-state index contributed by atoms with van der Waals surface area (Å²) in [5, 5.41) is 27.1. The van der Waals surface area contributed by atoms with Gasteiger partial charge in [0.2, 0.25) is 0 Å². The number of hydrogen-bond acceptors (Lipinski definition) is 7. The number of phenolic OH excluding ortho intramolecular Hbond substituents is 1. The fourth-order valence-corrected chi connectivity index (χ4v) is 5.64. The first kappa shape index (κ1) is 36.1. The summed E-state index contributed by atoms with van der Waals surface area (Å²) in [6.07, 6.45) is 11.2. The van der Waals surface area contributed by atoms with Gasteiger partial charge < -0.3 is 20.1 Å². The van der Waals surface area contributed by atoms with Crippen LogP contribution in [0.1, 0.15) is 89.2 Å². The minimum atomic E-state index is -0.857. The molecule has 4 rings (SSSR count). The molecule has 1 heterocycles. The summed E-state index contributed by atoms with van der Waals surface area (Å²) in [6.45, 7) is 5.57. The predicted molar refractivity (Wildman–Crippen MR) is 188 cm³/mol. The molecule has 0 saturated carbocycles. The van der Waals surface area contributed by atoms with Crippen molar-refractivity contribution >= 4 is 12.0 Å². The number of nitrogens with zero attached hydrogens (tertiary/aromatic N) is 4. The highest BCUT2D eigenvalue weighted by molar-refractivity contribution is 5.84. The number of esters is 1. The van der Waals surface area contributed by atoms with Crippen molar-refractivity contribution in [1.82, 2.24) is 30.8 Å². The number of unbranched alkanes of at least 4 members (excludes halogenated alkanes) is 8. The summed E-state index contributed by atoms with van der Waals surface area (Å²) in [6, 6.07) is 21.5. The molecular formula is C38H50N6O4. The summed E-state index contributed by atoms with van der Waals surface area (Å²) in [5.41, 5.74) is 4.68. The van der Waals surface area contributed by atoms with Crippen LogP contribution in [0.2, 0.25) is 0 Å². The number of ether oxygens (including phenoxy) is 1. The highest BCUT2D eigenvalue weighted by atomic mass is 16.5. The molecule has 1 unspecified atom stereocenters. The van der Waals surface area contributed by atoms with Crippen LogP contribution in [0.25, 0.3) is 22.5 Å². The van der Waals surface area contributed by atoms with Gasteiger partial charge in [-0.25, -0.2) is 14.7 Å². The molecule has 3 aromatic carbocycles. The molecule has 1 aromatic heterocycles. The molecule has 0 aliphatic rings. The zero-order valence-corrected chi connectivity index (χ0v) is 28.4. The zero-order chi connectivity index (χ0) is 34.0. The van der Waals surface area contributed by atoms with Crippen LogP contribution in [0.3, 0.4) is 0 Å². The number of amides is 2. The number of tetrazole rings is 1. The second-order valence-corrected chi connectivity index (χ2v) is 12.3. The van der Waals surface area contributed by atoms with E-state index in [4.69, 9.17) is 4.74 Å². The van der Waals surface area contributed by atoms with Crippen molar-refractivity contribution in [1.29, 1.82) is 0 Å². The van der Waals surface area contributed by atoms with E-state index in [1.165, 1.54) is 32.1 Å². The van der Waals surface area contributed by atoms with Crippen LogP contribution in [0.5, 0.6) is 5.75 Å². The maximum absolute atomic E-state index is 13.7. The average molecular weight is 655 g/mol. The quantitative estimate of drug-likeness (QED) is 0.0653. The van der Waals surface area contributed by atoms with Crippen LogP contribution in [-0.4, -0.2) is 61.8 Å². The number of benzene rings is 3. The molecule has 0 bridgehead atoms. The monoisotopic (exact) mass is 654 g/mol. The minimum Gasteiger partial charge on any atom is -0.508 e. The van der Waals surface area contributed by atoms with Gasteiger partial charge in [-0.15, -0.1) is 5.10 Å². The van der Waals surface area contributed by atoms with Gasteiger partial charge in [-0.05, 0) is 57.7 Å². The first-order chi connectivity index (χ1) is 23.5. The third-order valence-electron chi connectivity index (χ3n) is 8.44. The summed E-state index contributed by atoms with van der Waals surface area (Å²) >= 11 is 0. The Morgan fingerprint density at radius 1 is 0.812 bits per heavy atom. The highest BCUT2D eigenvalue weighted by Gasteiger charge is 2.26. The Labute approximate surface area is 284 Å². The molecule has 1 atom stereocenters. The lowest BCUT2D eigenvalue weighted by Crippen LogP contribution is -2.49.